The van der Waals surface area contributed by atoms with E-state index in [2.05, 4.69) is 32.9 Å². The van der Waals surface area contributed by atoms with E-state index in [9.17, 15) is 0 Å². The van der Waals surface area contributed by atoms with Crippen molar-refractivity contribution in [2.24, 2.45) is 0 Å². The Morgan fingerprint density at radius 1 is 1.20 bits per heavy atom. The molecule has 2 heterocycles. The molecule has 5 heteroatoms. The van der Waals surface area contributed by atoms with Crippen LogP contribution in [0.5, 0.6) is 0 Å². The summed E-state index contributed by atoms with van der Waals surface area (Å²) in [6, 6.07) is 12.2. The van der Waals surface area contributed by atoms with Crippen LogP contribution in [-0.4, -0.2) is 21.8 Å². The van der Waals surface area contributed by atoms with E-state index in [1.807, 2.05) is 49.1 Å². The van der Waals surface area contributed by atoms with Gasteiger partial charge in [-0.15, -0.1) is 11.3 Å². The quantitative estimate of drug-likeness (QED) is 0.801. The highest BCUT2D eigenvalue weighted by atomic mass is 32.1. The van der Waals surface area contributed by atoms with Gasteiger partial charge in [-0.25, -0.2) is 9.67 Å². The third-order valence-corrected chi connectivity index (χ3v) is 3.98. The molecular weight excluding hydrogens is 268 g/mol. The van der Waals surface area contributed by atoms with Crippen LogP contribution in [0.15, 0.2) is 48.0 Å². The minimum Gasteiger partial charge on any atom is -0.307 e. The van der Waals surface area contributed by atoms with Crippen LogP contribution < -0.4 is 5.32 Å². The largest absolute Gasteiger partial charge is 0.307 e. The first kappa shape index (κ1) is 13.0. The van der Waals surface area contributed by atoms with Crippen molar-refractivity contribution in [3.8, 4) is 5.69 Å². The molecule has 0 saturated carbocycles. The lowest BCUT2D eigenvalue weighted by Gasteiger charge is -2.16. The first-order valence-corrected chi connectivity index (χ1v) is 7.36. The Morgan fingerprint density at radius 2 is 2.00 bits per heavy atom. The second kappa shape index (κ2) is 5.56. The Morgan fingerprint density at radius 3 is 2.65 bits per heavy atom. The molecule has 3 rings (SSSR count). The van der Waals surface area contributed by atoms with Crippen molar-refractivity contribution in [1.82, 2.24) is 20.1 Å². The van der Waals surface area contributed by atoms with Crippen molar-refractivity contribution in [3.05, 3.63) is 64.4 Å². The Labute approximate surface area is 122 Å². The molecule has 3 aromatic rings. The molecule has 1 aromatic carbocycles. The van der Waals surface area contributed by atoms with Crippen LogP contribution in [0.4, 0.5) is 0 Å². The van der Waals surface area contributed by atoms with Crippen LogP contribution in [0.2, 0.25) is 0 Å². The zero-order valence-electron chi connectivity index (χ0n) is 11.4. The normalized spacial score (nSPS) is 12.5. The van der Waals surface area contributed by atoms with Crippen molar-refractivity contribution in [3.63, 3.8) is 0 Å². The SMILES string of the molecule is CNC(c1csc(C)n1)c1ccnn1-c1ccccc1. The highest BCUT2D eigenvalue weighted by molar-refractivity contribution is 7.09. The standard InChI is InChI=1S/C15H16N4S/c1-11-18-13(10-20-11)15(16-2)14-8-9-17-19(14)12-6-4-3-5-7-12/h3-10,15-16H,1-2H3. The van der Waals surface area contributed by atoms with E-state index >= 15 is 0 Å². The van der Waals surface area contributed by atoms with Crippen molar-refractivity contribution >= 4 is 11.3 Å². The lowest BCUT2D eigenvalue weighted by molar-refractivity contribution is 0.624. The topological polar surface area (TPSA) is 42.7 Å². The smallest absolute Gasteiger partial charge is 0.0932 e. The first-order chi connectivity index (χ1) is 9.79. The minimum atomic E-state index is 0.0441. The monoisotopic (exact) mass is 284 g/mol. The number of benzene rings is 1. The number of para-hydroxylation sites is 1. The van der Waals surface area contributed by atoms with Crippen molar-refractivity contribution in [2.45, 2.75) is 13.0 Å². The van der Waals surface area contributed by atoms with Crippen molar-refractivity contribution < 1.29 is 0 Å². The van der Waals surface area contributed by atoms with E-state index in [1.165, 1.54) is 0 Å². The summed E-state index contributed by atoms with van der Waals surface area (Å²) < 4.78 is 1.95. The summed E-state index contributed by atoms with van der Waals surface area (Å²) in [5.41, 5.74) is 3.18. The van der Waals surface area contributed by atoms with E-state index in [-0.39, 0.29) is 6.04 Å². The predicted octanol–water partition coefficient (Wildman–Crippen LogP) is 2.95. The number of hydrogen-bond donors (Lipinski definition) is 1. The van der Waals surface area contributed by atoms with Gasteiger partial charge in [0.15, 0.2) is 0 Å². The lowest BCUT2D eigenvalue weighted by atomic mass is 10.1. The number of aromatic nitrogens is 3. The molecule has 0 aliphatic heterocycles. The zero-order valence-corrected chi connectivity index (χ0v) is 12.3. The van der Waals surface area contributed by atoms with Gasteiger partial charge in [-0.05, 0) is 32.2 Å². The third kappa shape index (κ3) is 2.37. The van der Waals surface area contributed by atoms with Crippen LogP contribution in [-0.2, 0) is 0 Å². The number of nitrogens with one attached hydrogen (secondary N) is 1. The summed E-state index contributed by atoms with van der Waals surface area (Å²) in [5, 5.41) is 10.9. The summed E-state index contributed by atoms with van der Waals surface area (Å²) >= 11 is 1.67. The zero-order chi connectivity index (χ0) is 13.9. The van der Waals surface area contributed by atoms with E-state index in [0.29, 0.717) is 0 Å². The molecule has 1 unspecified atom stereocenters. The molecule has 0 fully saturated rings. The molecule has 2 aromatic heterocycles. The summed E-state index contributed by atoms with van der Waals surface area (Å²) in [6.45, 7) is 2.02. The summed E-state index contributed by atoms with van der Waals surface area (Å²) in [5.74, 6) is 0. The Kier molecular flexibility index (Phi) is 3.62. The number of thiazole rings is 1. The van der Waals surface area contributed by atoms with Gasteiger partial charge in [0, 0.05) is 11.6 Å². The van der Waals surface area contributed by atoms with Gasteiger partial charge in [0.2, 0.25) is 0 Å². The number of nitrogens with zero attached hydrogens (tertiary/aromatic N) is 3. The highest BCUT2D eigenvalue weighted by Gasteiger charge is 2.19. The molecule has 0 saturated heterocycles. The Balaban J connectivity index is 2.04. The van der Waals surface area contributed by atoms with Gasteiger partial charge in [-0.1, -0.05) is 18.2 Å². The fourth-order valence-corrected chi connectivity index (χ4v) is 2.92. The fraction of sp³-hybridized carbons (Fsp3) is 0.200. The Hall–Kier alpha value is -1.98. The number of aryl methyl sites for hydroxylation is 1. The van der Waals surface area contributed by atoms with Gasteiger partial charge in [-0.2, -0.15) is 5.10 Å². The molecule has 102 valence electrons. The minimum absolute atomic E-state index is 0.0441. The van der Waals surface area contributed by atoms with Crippen LogP contribution in [0.25, 0.3) is 5.69 Å². The molecule has 0 aliphatic rings. The van der Waals surface area contributed by atoms with Gasteiger partial charge in [0.1, 0.15) is 0 Å². The molecule has 0 spiro atoms. The van der Waals surface area contributed by atoms with Gasteiger partial charge in [0.25, 0.3) is 0 Å². The van der Waals surface area contributed by atoms with Crippen LogP contribution in [0.3, 0.4) is 0 Å². The van der Waals surface area contributed by atoms with Crippen LogP contribution in [0.1, 0.15) is 22.4 Å². The molecule has 4 nitrogen and oxygen atoms in total. The van der Waals surface area contributed by atoms with Crippen LogP contribution in [0, 0.1) is 6.92 Å². The maximum atomic E-state index is 4.59. The average Bonchev–Trinajstić information content (AvgIpc) is 3.11. The predicted molar refractivity (Wildman–Crippen MR) is 81.3 cm³/mol. The maximum absolute atomic E-state index is 4.59. The number of rotatable bonds is 4. The van der Waals surface area contributed by atoms with E-state index < -0.39 is 0 Å². The molecule has 1 atom stereocenters. The van der Waals surface area contributed by atoms with E-state index in [1.54, 1.807) is 11.3 Å². The second-order valence-corrected chi connectivity index (χ2v) is 5.58. The number of hydrogen-bond acceptors (Lipinski definition) is 4. The molecule has 1 N–H and O–H groups in total. The molecule has 20 heavy (non-hydrogen) atoms. The second-order valence-electron chi connectivity index (χ2n) is 4.52. The van der Waals surface area contributed by atoms with Gasteiger partial charge in [-0.3, -0.25) is 0 Å². The summed E-state index contributed by atoms with van der Waals surface area (Å²) in [4.78, 5) is 4.59. The van der Waals surface area contributed by atoms with Crippen LogP contribution >= 0.6 is 11.3 Å². The first-order valence-electron chi connectivity index (χ1n) is 6.48. The van der Waals surface area contributed by atoms with Crippen molar-refractivity contribution in [1.29, 1.82) is 0 Å². The Bertz CT molecular complexity index is 687. The maximum Gasteiger partial charge on any atom is 0.0932 e. The highest BCUT2D eigenvalue weighted by Crippen LogP contribution is 2.24. The molecular formula is C15H16N4S. The molecule has 0 amide bonds. The van der Waals surface area contributed by atoms with Gasteiger partial charge < -0.3 is 5.32 Å². The molecule has 0 bridgehead atoms. The van der Waals surface area contributed by atoms with Gasteiger partial charge >= 0.3 is 0 Å². The third-order valence-electron chi connectivity index (χ3n) is 3.19. The van der Waals surface area contributed by atoms with E-state index in [0.717, 1.165) is 22.1 Å². The van der Waals surface area contributed by atoms with E-state index in [4.69, 9.17) is 0 Å². The lowest BCUT2D eigenvalue weighted by Crippen LogP contribution is -2.21. The molecule has 0 radical (unpaired) electrons. The summed E-state index contributed by atoms with van der Waals surface area (Å²) in [6.07, 6.45) is 1.83. The average molecular weight is 284 g/mol. The van der Waals surface area contributed by atoms with Gasteiger partial charge in [0.05, 0.1) is 28.1 Å². The van der Waals surface area contributed by atoms with Crippen molar-refractivity contribution in [2.75, 3.05) is 7.05 Å². The fourth-order valence-electron chi connectivity index (χ4n) is 2.28. The molecule has 0 aliphatic carbocycles. The summed E-state index contributed by atoms with van der Waals surface area (Å²) in [7, 11) is 1.95.